The zero-order chi connectivity index (χ0) is 18.5. The molecule has 0 amide bonds. The topological polar surface area (TPSA) is 85.2 Å². The molecule has 4 aromatic rings. The van der Waals surface area contributed by atoms with Crippen molar-refractivity contribution in [3.8, 4) is 17.1 Å². The maximum atomic E-state index is 12.7. The van der Waals surface area contributed by atoms with Gasteiger partial charge in [-0.2, -0.15) is 0 Å². The van der Waals surface area contributed by atoms with Gasteiger partial charge in [-0.15, -0.1) is 11.3 Å². The first-order valence-corrected chi connectivity index (χ1v) is 9.63. The quantitative estimate of drug-likeness (QED) is 0.537. The van der Waals surface area contributed by atoms with Crippen molar-refractivity contribution in [1.29, 1.82) is 0 Å². The number of ether oxygens (including phenoxy) is 1. The molecule has 5 rings (SSSR count). The molecule has 0 saturated carbocycles. The van der Waals surface area contributed by atoms with Gasteiger partial charge in [0.25, 0.3) is 5.56 Å². The summed E-state index contributed by atoms with van der Waals surface area (Å²) in [6.07, 6.45) is 4.14. The zero-order valence-electron chi connectivity index (χ0n) is 14.6. The van der Waals surface area contributed by atoms with Crippen molar-refractivity contribution in [2.24, 2.45) is 0 Å². The fraction of sp³-hybridized carbons (Fsp3) is 0.250. The molecule has 0 bridgehead atoms. The van der Waals surface area contributed by atoms with Crippen molar-refractivity contribution in [3.05, 3.63) is 55.5 Å². The van der Waals surface area contributed by atoms with Crippen molar-refractivity contribution in [2.45, 2.75) is 25.7 Å². The van der Waals surface area contributed by atoms with Gasteiger partial charge in [-0.25, -0.2) is 9.78 Å². The summed E-state index contributed by atoms with van der Waals surface area (Å²) in [4.78, 5) is 34.6. The van der Waals surface area contributed by atoms with Crippen LogP contribution in [-0.4, -0.2) is 17.1 Å². The predicted octanol–water partition coefficient (Wildman–Crippen LogP) is 3.65. The third-order valence-electron chi connectivity index (χ3n) is 5.02. The Hall–Kier alpha value is -2.93. The van der Waals surface area contributed by atoms with Crippen LogP contribution in [0.3, 0.4) is 0 Å². The molecule has 0 spiro atoms. The Balaban J connectivity index is 1.75. The summed E-state index contributed by atoms with van der Waals surface area (Å²) in [5, 5.41) is 1.38. The van der Waals surface area contributed by atoms with Gasteiger partial charge < -0.3 is 14.1 Å². The fourth-order valence-electron chi connectivity index (χ4n) is 3.74. The van der Waals surface area contributed by atoms with Gasteiger partial charge in [-0.3, -0.25) is 4.79 Å². The number of aromatic amines is 1. The maximum absolute atomic E-state index is 12.7. The Labute approximate surface area is 157 Å². The Morgan fingerprint density at radius 3 is 2.93 bits per heavy atom. The standard InChI is InChI=1S/C20H16N2O4S/c1-25-13-7-4-5-10-9-12(20(24)26-16(10)13)17-21-18(23)15-11-6-2-3-8-14(11)27-19(15)22-17/h4-5,7,9H,2-3,6,8H2,1H3,(H,21,22,23). The van der Waals surface area contributed by atoms with E-state index in [-0.39, 0.29) is 16.9 Å². The third-order valence-corrected chi connectivity index (χ3v) is 6.21. The molecule has 27 heavy (non-hydrogen) atoms. The number of methoxy groups -OCH3 is 1. The molecule has 0 aliphatic heterocycles. The van der Waals surface area contributed by atoms with Gasteiger partial charge in [-0.05, 0) is 43.4 Å². The van der Waals surface area contributed by atoms with Crippen LogP contribution in [0.5, 0.6) is 5.75 Å². The minimum Gasteiger partial charge on any atom is -0.493 e. The SMILES string of the molecule is COc1cccc2cc(-c3nc4sc5c(c4c(=O)[nH]3)CCCC5)c(=O)oc12. The summed E-state index contributed by atoms with van der Waals surface area (Å²) in [6.45, 7) is 0. The lowest BCUT2D eigenvalue weighted by Crippen LogP contribution is -2.14. The Morgan fingerprint density at radius 2 is 2.07 bits per heavy atom. The van der Waals surface area contributed by atoms with E-state index in [1.165, 1.54) is 12.0 Å². The van der Waals surface area contributed by atoms with Crippen molar-refractivity contribution in [1.82, 2.24) is 9.97 Å². The third kappa shape index (κ3) is 2.49. The van der Waals surface area contributed by atoms with E-state index in [2.05, 4.69) is 9.97 Å². The summed E-state index contributed by atoms with van der Waals surface area (Å²) in [5.74, 6) is 0.726. The van der Waals surface area contributed by atoms with Crippen molar-refractivity contribution < 1.29 is 9.15 Å². The van der Waals surface area contributed by atoms with Gasteiger partial charge in [0, 0.05) is 10.3 Å². The molecule has 1 aliphatic rings. The van der Waals surface area contributed by atoms with Gasteiger partial charge in [0.1, 0.15) is 16.2 Å². The first-order valence-electron chi connectivity index (χ1n) is 8.81. The highest BCUT2D eigenvalue weighted by atomic mass is 32.1. The number of aryl methyl sites for hydroxylation is 2. The van der Waals surface area contributed by atoms with Crippen LogP contribution in [0, 0.1) is 0 Å². The number of nitrogens with one attached hydrogen (secondary N) is 1. The molecule has 0 radical (unpaired) electrons. The predicted molar refractivity (Wildman–Crippen MR) is 105 cm³/mol. The minimum absolute atomic E-state index is 0.195. The number of aromatic nitrogens is 2. The molecule has 136 valence electrons. The first kappa shape index (κ1) is 16.3. The highest BCUT2D eigenvalue weighted by Crippen LogP contribution is 2.34. The molecule has 1 N–H and O–H groups in total. The number of rotatable bonds is 2. The van der Waals surface area contributed by atoms with Crippen LogP contribution in [0.15, 0.2) is 38.3 Å². The van der Waals surface area contributed by atoms with Gasteiger partial charge >= 0.3 is 5.63 Å². The molecule has 1 aliphatic carbocycles. The second-order valence-electron chi connectivity index (χ2n) is 6.63. The van der Waals surface area contributed by atoms with Crippen molar-refractivity contribution in [2.75, 3.05) is 7.11 Å². The zero-order valence-corrected chi connectivity index (χ0v) is 15.4. The number of para-hydroxylation sites is 1. The molecule has 1 aromatic carbocycles. The lowest BCUT2D eigenvalue weighted by molar-refractivity contribution is 0.407. The summed E-state index contributed by atoms with van der Waals surface area (Å²) in [6, 6.07) is 7.05. The van der Waals surface area contributed by atoms with Gasteiger partial charge in [-0.1, -0.05) is 12.1 Å². The monoisotopic (exact) mass is 380 g/mol. The maximum Gasteiger partial charge on any atom is 0.347 e. The van der Waals surface area contributed by atoms with E-state index in [0.29, 0.717) is 26.9 Å². The Morgan fingerprint density at radius 1 is 1.22 bits per heavy atom. The molecule has 0 atom stereocenters. The molecule has 6 nitrogen and oxygen atoms in total. The van der Waals surface area contributed by atoms with Crippen LogP contribution >= 0.6 is 11.3 Å². The number of fused-ring (bicyclic) bond motifs is 4. The number of hydrogen-bond acceptors (Lipinski definition) is 6. The normalized spacial score (nSPS) is 13.8. The largest absolute Gasteiger partial charge is 0.493 e. The lowest BCUT2D eigenvalue weighted by Gasteiger charge is -2.09. The van der Waals surface area contributed by atoms with Crippen LogP contribution in [0.4, 0.5) is 0 Å². The van der Waals surface area contributed by atoms with Crippen LogP contribution in [0.25, 0.3) is 32.6 Å². The van der Waals surface area contributed by atoms with E-state index in [0.717, 1.165) is 31.2 Å². The van der Waals surface area contributed by atoms with Gasteiger partial charge in [0.15, 0.2) is 11.3 Å². The van der Waals surface area contributed by atoms with E-state index < -0.39 is 5.63 Å². The first-order chi connectivity index (χ1) is 13.2. The number of benzene rings is 1. The summed E-state index contributed by atoms with van der Waals surface area (Å²) in [7, 11) is 1.52. The second kappa shape index (κ2) is 6.06. The van der Waals surface area contributed by atoms with Gasteiger partial charge in [0.2, 0.25) is 0 Å². The molecular formula is C20H16N2O4S. The van der Waals surface area contributed by atoms with E-state index in [9.17, 15) is 9.59 Å². The number of H-pyrrole nitrogens is 1. The number of thiophene rings is 1. The van der Waals surface area contributed by atoms with Crippen LogP contribution in [0.2, 0.25) is 0 Å². The van der Waals surface area contributed by atoms with Crippen LogP contribution in [-0.2, 0) is 12.8 Å². The van der Waals surface area contributed by atoms with E-state index >= 15 is 0 Å². The average Bonchev–Trinajstić information content (AvgIpc) is 3.05. The van der Waals surface area contributed by atoms with E-state index in [1.807, 2.05) is 12.1 Å². The van der Waals surface area contributed by atoms with E-state index in [4.69, 9.17) is 9.15 Å². The number of nitrogens with zero attached hydrogens (tertiary/aromatic N) is 1. The van der Waals surface area contributed by atoms with Crippen LogP contribution < -0.4 is 15.9 Å². The van der Waals surface area contributed by atoms with Crippen LogP contribution in [0.1, 0.15) is 23.3 Å². The van der Waals surface area contributed by atoms with E-state index in [1.54, 1.807) is 23.5 Å². The molecule has 0 fully saturated rings. The molecule has 0 saturated heterocycles. The smallest absolute Gasteiger partial charge is 0.347 e. The minimum atomic E-state index is -0.559. The number of hydrogen-bond donors (Lipinski definition) is 1. The summed E-state index contributed by atoms with van der Waals surface area (Å²) < 4.78 is 10.7. The molecular weight excluding hydrogens is 364 g/mol. The van der Waals surface area contributed by atoms with Gasteiger partial charge in [0.05, 0.1) is 12.5 Å². The fourth-order valence-corrected chi connectivity index (χ4v) is 5.00. The highest BCUT2D eigenvalue weighted by molar-refractivity contribution is 7.18. The molecule has 7 heteroatoms. The summed E-state index contributed by atoms with van der Waals surface area (Å²) in [5.41, 5.74) is 0.983. The summed E-state index contributed by atoms with van der Waals surface area (Å²) >= 11 is 1.55. The molecule has 0 unspecified atom stereocenters. The highest BCUT2D eigenvalue weighted by Gasteiger charge is 2.21. The van der Waals surface area contributed by atoms with Crippen molar-refractivity contribution >= 4 is 32.5 Å². The molecule has 3 aromatic heterocycles. The second-order valence-corrected chi connectivity index (χ2v) is 7.72. The Bertz CT molecular complexity index is 1320. The Kier molecular flexibility index (Phi) is 3.65. The average molecular weight is 380 g/mol. The molecule has 3 heterocycles. The lowest BCUT2D eigenvalue weighted by atomic mass is 9.97. The van der Waals surface area contributed by atoms with Crippen molar-refractivity contribution in [3.63, 3.8) is 0 Å².